The molecular formula is C27H33N5O5. The van der Waals surface area contributed by atoms with Gasteiger partial charge < -0.3 is 19.7 Å². The van der Waals surface area contributed by atoms with Gasteiger partial charge in [-0.2, -0.15) is 5.10 Å². The second-order valence-electron chi connectivity index (χ2n) is 8.82. The molecule has 1 N–H and O–H groups in total. The van der Waals surface area contributed by atoms with Gasteiger partial charge in [0.2, 0.25) is 5.91 Å². The molecule has 1 aliphatic heterocycles. The molecule has 0 bridgehead atoms. The molecule has 0 unspecified atom stereocenters. The van der Waals surface area contributed by atoms with E-state index in [4.69, 9.17) is 9.47 Å². The van der Waals surface area contributed by atoms with Crippen LogP contribution >= 0.6 is 0 Å². The lowest BCUT2D eigenvalue weighted by Crippen LogP contribution is -2.47. The van der Waals surface area contributed by atoms with E-state index in [0.717, 1.165) is 37.6 Å². The van der Waals surface area contributed by atoms with Gasteiger partial charge in [-0.1, -0.05) is 24.3 Å². The van der Waals surface area contributed by atoms with E-state index in [1.54, 1.807) is 38.3 Å². The van der Waals surface area contributed by atoms with E-state index < -0.39 is 5.97 Å². The molecule has 0 spiro atoms. The minimum absolute atomic E-state index is 0.0513. The highest BCUT2D eigenvalue weighted by Gasteiger charge is 2.19. The van der Waals surface area contributed by atoms with E-state index in [1.165, 1.54) is 4.68 Å². The average molecular weight is 508 g/mol. The van der Waals surface area contributed by atoms with Crippen molar-refractivity contribution in [3.63, 3.8) is 0 Å². The predicted molar refractivity (Wildman–Crippen MR) is 141 cm³/mol. The summed E-state index contributed by atoms with van der Waals surface area (Å²) in [6.45, 7) is 6.01. The van der Waals surface area contributed by atoms with Gasteiger partial charge in [-0.3, -0.25) is 19.3 Å². The Morgan fingerprint density at radius 3 is 2.51 bits per heavy atom. The molecule has 10 nitrogen and oxygen atoms in total. The first-order valence-electron chi connectivity index (χ1n) is 12.5. The van der Waals surface area contributed by atoms with Crippen LogP contribution in [0.15, 0.2) is 53.3 Å². The van der Waals surface area contributed by atoms with Gasteiger partial charge in [0, 0.05) is 56.3 Å². The Balaban J connectivity index is 1.30. The fourth-order valence-electron chi connectivity index (χ4n) is 4.44. The number of nitrogens with zero attached hydrogens (tertiary/aromatic N) is 4. The largest absolute Gasteiger partial charge is 0.497 e. The standard InChI is InChI=1S/C27H33N5O5/c1-3-37-26(34)18-24-22-9-4-5-10-23(22)27(35)32(29-24)19-28-25(33)11-12-30-13-15-31(16-14-30)20-7-6-8-21(17-20)36-2/h4-10,17H,3,11-16,18-19H2,1-2H3,(H,28,33). The van der Waals surface area contributed by atoms with Crippen molar-refractivity contribution in [2.24, 2.45) is 0 Å². The first kappa shape index (κ1) is 26.2. The predicted octanol–water partition coefficient (Wildman–Crippen LogP) is 1.80. The number of methoxy groups -OCH3 is 1. The van der Waals surface area contributed by atoms with Crippen LogP contribution in [0.3, 0.4) is 0 Å². The van der Waals surface area contributed by atoms with E-state index in [9.17, 15) is 14.4 Å². The van der Waals surface area contributed by atoms with Gasteiger partial charge in [0.15, 0.2) is 0 Å². The maximum Gasteiger partial charge on any atom is 0.311 e. The normalized spacial score (nSPS) is 13.9. The topological polar surface area (TPSA) is 106 Å². The van der Waals surface area contributed by atoms with Crippen molar-refractivity contribution in [1.29, 1.82) is 0 Å². The van der Waals surface area contributed by atoms with Crippen LogP contribution in [0.25, 0.3) is 10.8 Å². The van der Waals surface area contributed by atoms with Gasteiger partial charge >= 0.3 is 5.97 Å². The lowest BCUT2D eigenvalue weighted by atomic mass is 10.1. The Labute approximate surface area is 215 Å². The summed E-state index contributed by atoms with van der Waals surface area (Å²) in [5, 5.41) is 8.20. The van der Waals surface area contributed by atoms with Crippen LogP contribution in [0.4, 0.5) is 5.69 Å². The quantitative estimate of drug-likeness (QED) is 0.414. The first-order valence-corrected chi connectivity index (χ1v) is 12.5. The van der Waals surface area contributed by atoms with Crippen molar-refractivity contribution < 1.29 is 19.1 Å². The molecular weight excluding hydrogens is 474 g/mol. The molecule has 4 rings (SSSR count). The Morgan fingerprint density at radius 1 is 1.03 bits per heavy atom. The Bertz CT molecular complexity index is 1300. The molecule has 3 aromatic rings. The van der Waals surface area contributed by atoms with Crippen molar-refractivity contribution in [1.82, 2.24) is 20.0 Å². The van der Waals surface area contributed by atoms with Crippen molar-refractivity contribution >= 4 is 28.3 Å². The summed E-state index contributed by atoms with van der Waals surface area (Å²) < 4.78 is 11.6. The summed E-state index contributed by atoms with van der Waals surface area (Å²) in [5.74, 6) is 0.259. The number of esters is 1. The number of aromatic nitrogens is 2. The van der Waals surface area contributed by atoms with E-state index in [2.05, 4.69) is 26.3 Å². The SMILES string of the molecule is CCOC(=O)Cc1nn(CNC(=O)CCN2CCN(c3cccc(OC)c3)CC2)c(=O)c2ccccc12. The number of carbonyl (C=O) groups is 2. The number of nitrogens with one attached hydrogen (secondary N) is 1. The zero-order valence-electron chi connectivity index (χ0n) is 21.3. The molecule has 0 aliphatic carbocycles. The number of fused-ring (bicyclic) bond motifs is 1. The number of benzene rings is 2. The second kappa shape index (κ2) is 12.4. The molecule has 10 heteroatoms. The second-order valence-corrected chi connectivity index (χ2v) is 8.82. The molecule has 37 heavy (non-hydrogen) atoms. The molecule has 2 heterocycles. The molecule has 0 atom stereocenters. The first-order chi connectivity index (χ1) is 18.0. The lowest BCUT2D eigenvalue weighted by Gasteiger charge is -2.36. The van der Waals surface area contributed by atoms with E-state index >= 15 is 0 Å². The maximum atomic E-state index is 12.9. The van der Waals surface area contributed by atoms with Gasteiger partial charge in [0.25, 0.3) is 5.56 Å². The van der Waals surface area contributed by atoms with Gasteiger partial charge in [0.05, 0.1) is 31.2 Å². The molecule has 0 radical (unpaired) electrons. The van der Waals surface area contributed by atoms with Crippen LogP contribution < -0.4 is 20.5 Å². The third-order valence-electron chi connectivity index (χ3n) is 6.43. The highest BCUT2D eigenvalue weighted by molar-refractivity contribution is 5.87. The Hall–Kier alpha value is -3.92. The van der Waals surface area contributed by atoms with Gasteiger partial charge in [-0.15, -0.1) is 0 Å². The number of ether oxygens (including phenoxy) is 2. The fraction of sp³-hybridized carbons (Fsp3) is 0.407. The third-order valence-corrected chi connectivity index (χ3v) is 6.43. The van der Waals surface area contributed by atoms with Crippen LogP contribution in [0.5, 0.6) is 5.75 Å². The van der Waals surface area contributed by atoms with Gasteiger partial charge in [0.1, 0.15) is 12.4 Å². The van der Waals surface area contributed by atoms with Crippen molar-refractivity contribution in [3.05, 3.63) is 64.6 Å². The molecule has 196 valence electrons. The number of amides is 1. The maximum absolute atomic E-state index is 12.9. The highest BCUT2D eigenvalue weighted by Crippen LogP contribution is 2.22. The van der Waals surface area contributed by atoms with Crippen LogP contribution in [0, 0.1) is 0 Å². The third kappa shape index (κ3) is 6.65. The van der Waals surface area contributed by atoms with Crippen molar-refractivity contribution in [2.45, 2.75) is 26.4 Å². The summed E-state index contributed by atoms with van der Waals surface area (Å²) >= 11 is 0. The van der Waals surface area contributed by atoms with Crippen LogP contribution in [-0.4, -0.2) is 73.0 Å². The molecule has 1 amide bonds. The molecule has 1 aliphatic rings. The summed E-state index contributed by atoms with van der Waals surface area (Å²) in [5.41, 5.74) is 1.25. The highest BCUT2D eigenvalue weighted by atomic mass is 16.5. The minimum atomic E-state index is -0.416. The summed E-state index contributed by atoms with van der Waals surface area (Å²) in [6, 6.07) is 15.0. The van der Waals surface area contributed by atoms with E-state index in [0.29, 0.717) is 29.4 Å². The fourth-order valence-corrected chi connectivity index (χ4v) is 4.44. The zero-order valence-corrected chi connectivity index (χ0v) is 21.3. The minimum Gasteiger partial charge on any atom is -0.497 e. The summed E-state index contributed by atoms with van der Waals surface area (Å²) in [4.78, 5) is 42.1. The van der Waals surface area contributed by atoms with Crippen LogP contribution in [0.1, 0.15) is 19.0 Å². The van der Waals surface area contributed by atoms with E-state index in [-0.39, 0.29) is 31.2 Å². The van der Waals surface area contributed by atoms with Crippen LogP contribution in [0.2, 0.25) is 0 Å². The molecule has 1 saturated heterocycles. The monoisotopic (exact) mass is 507 g/mol. The molecule has 1 aromatic heterocycles. The summed E-state index contributed by atoms with van der Waals surface area (Å²) in [7, 11) is 1.66. The number of hydrogen-bond donors (Lipinski definition) is 1. The molecule has 1 fully saturated rings. The average Bonchev–Trinajstić information content (AvgIpc) is 2.93. The number of anilines is 1. The van der Waals surface area contributed by atoms with Crippen molar-refractivity contribution in [3.8, 4) is 5.75 Å². The van der Waals surface area contributed by atoms with Gasteiger partial charge in [-0.05, 0) is 25.1 Å². The smallest absolute Gasteiger partial charge is 0.311 e. The summed E-state index contributed by atoms with van der Waals surface area (Å²) in [6.07, 6.45) is 0.265. The molecule has 0 saturated carbocycles. The van der Waals surface area contributed by atoms with Crippen molar-refractivity contribution in [2.75, 3.05) is 51.3 Å². The van der Waals surface area contributed by atoms with Gasteiger partial charge in [-0.25, -0.2) is 4.68 Å². The lowest BCUT2D eigenvalue weighted by molar-refractivity contribution is -0.142. The number of rotatable bonds is 10. The zero-order chi connectivity index (χ0) is 26.2. The number of piperazine rings is 1. The number of carbonyl (C=O) groups excluding carboxylic acids is 2. The number of hydrogen-bond acceptors (Lipinski definition) is 8. The van der Waals surface area contributed by atoms with Crippen LogP contribution in [-0.2, 0) is 27.4 Å². The Kier molecular flexibility index (Phi) is 8.73. The Morgan fingerprint density at radius 2 is 1.78 bits per heavy atom. The molecule has 2 aromatic carbocycles. The van der Waals surface area contributed by atoms with E-state index in [1.807, 2.05) is 18.2 Å².